The molecule has 0 aliphatic carbocycles. The monoisotopic (exact) mass is 225 g/mol. The lowest BCUT2D eigenvalue weighted by Crippen LogP contribution is -2.43. The van der Waals surface area contributed by atoms with Gasteiger partial charge in [-0.25, -0.2) is 9.18 Å². The van der Waals surface area contributed by atoms with Gasteiger partial charge in [0.25, 0.3) is 0 Å². The number of anilines is 1. The zero-order valence-corrected chi connectivity index (χ0v) is 9.46. The molecule has 1 aromatic rings. The van der Waals surface area contributed by atoms with Crippen LogP contribution in [0.2, 0.25) is 0 Å². The van der Waals surface area contributed by atoms with Crippen molar-refractivity contribution in [2.24, 2.45) is 0 Å². The second-order valence-corrected chi connectivity index (χ2v) is 4.02. The van der Waals surface area contributed by atoms with Crippen LogP contribution in [0.1, 0.15) is 26.7 Å². The fraction of sp³-hybridized carbons (Fsp3) is 0.417. The molecule has 1 aromatic carbocycles. The van der Waals surface area contributed by atoms with Gasteiger partial charge in [-0.15, -0.1) is 0 Å². The Morgan fingerprint density at radius 3 is 2.44 bits per heavy atom. The van der Waals surface area contributed by atoms with Crippen LogP contribution in [0.25, 0.3) is 0 Å². The van der Waals surface area contributed by atoms with Crippen LogP contribution >= 0.6 is 0 Å². The molecule has 16 heavy (non-hydrogen) atoms. The van der Waals surface area contributed by atoms with E-state index in [4.69, 9.17) is 5.11 Å². The minimum Gasteiger partial charge on any atom is -0.480 e. The molecule has 0 heterocycles. The number of halogens is 1. The lowest BCUT2D eigenvalue weighted by Gasteiger charge is -2.27. The molecule has 0 bridgehead atoms. The summed E-state index contributed by atoms with van der Waals surface area (Å²) < 4.78 is 12.7. The molecule has 0 aliphatic rings. The molecule has 2 N–H and O–H groups in total. The minimum absolute atomic E-state index is 0.335. The van der Waals surface area contributed by atoms with Crippen molar-refractivity contribution in [2.75, 3.05) is 5.32 Å². The van der Waals surface area contributed by atoms with E-state index in [1.165, 1.54) is 24.3 Å². The van der Waals surface area contributed by atoms with Crippen molar-refractivity contribution < 1.29 is 14.3 Å². The topological polar surface area (TPSA) is 49.3 Å². The molecular weight excluding hydrogens is 209 g/mol. The smallest absolute Gasteiger partial charge is 0.329 e. The number of aliphatic carboxylic acids is 1. The largest absolute Gasteiger partial charge is 0.480 e. The van der Waals surface area contributed by atoms with Crippen LogP contribution in [0.4, 0.5) is 10.1 Å². The van der Waals surface area contributed by atoms with Crippen LogP contribution in [0, 0.1) is 5.82 Å². The normalized spacial score (nSPS) is 14.2. The van der Waals surface area contributed by atoms with Crippen molar-refractivity contribution >= 4 is 11.7 Å². The first-order valence-electron chi connectivity index (χ1n) is 5.25. The summed E-state index contributed by atoms with van der Waals surface area (Å²) in [5.41, 5.74) is -0.396. The molecule has 3 nitrogen and oxygen atoms in total. The Morgan fingerprint density at radius 1 is 1.44 bits per heavy atom. The molecule has 0 saturated heterocycles. The van der Waals surface area contributed by atoms with Gasteiger partial charge in [-0.05, 0) is 37.6 Å². The summed E-state index contributed by atoms with van der Waals surface area (Å²) in [4.78, 5) is 11.1. The average molecular weight is 225 g/mol. The maximum Gasteiger partial charge on any atom is 0.329 e. The molecule has 1 atom stereocenters. The van der Waals surface area contributed by atoms with E-state index >= 15 is 0 Å². The van der Waals surface area contributed by atoms with Crippen molar-refractivity contribution in [3.63, 3.8) is 0 Å². The highest BCUT2D eigenvalue weighted by Gasteiger charge is 2.31. The van der Waals surface area contributed by atoms with Gasteiger partial charge in [-0.1, -0.05) is 13.3 Å². The van der Waals surface area contributed by atoms with Crippen LogP contribution in [0.15, 0.2) is 24.3 Å². The number of carboxylic acid groups (broad SMARTS) is 1. The fourth-order valence-corrected chi connectivity index (χ4v) is 1.57. The van der Waals surface area contributed by atoms with E-state index < -0.39 is 11.5 Å². The van der Waals surface area contributed by atoms with Crippen LogP contribution in [-0.2, 0) is 4.79 Å². The molecular formula is C12H16FNO2. The van der Waals surface area contributed by atoms with E-state index in [1.807, 2.05) is 6.92 Å². The Balaban J connectivity index is 2.83. The van der Waals surface area contributed by atoms with E-state index in [0.717, 1.165) is 6.42 Å². The maximum atomic E-state index is 12.7. The molecule has 0 radical (unpaired) electrons. The molecule has 0 saturated carbocycles. The molecule has 1 rings (SSSR count). The van der Waals surface area contributed by atoms with Crippen molar-refractivity contribution in [3.05, 3.63) is 30.1 Å². The molecule has 88 valence electrons. The van der Waals surface area contributed by atoms with Crippen molar-refractivity contribution in [1.82, 2.24) is 0 Å². The standard InChI is InChI=1S/C12H16FNO2/c1-3-8-12(2,11(15)16)14-10-6-4-9(13)5-7-10/h4-7,14H,3,8H2,1-2H3,(H,15,16). The second-order valence-electron chi connectivity index (χ2n) is 4.02. The Morgan fingerprint density at radius 2 is 2.00 bits per heavy atom. The third-order valence-corrected chi connectivity index (χ3v) is 2.49. The van der Waals surface area contributed by atoms with Gasteiger partial charge in [0, 0.05) is 5.69 Å². The lowest BCUT2D eigenvalue weighted by molar-refractivity contribution is -0.141. The highest BCUT2D eigenvalue weighted by Crippen LogP contribution is 2.20. The SMILES string of the molecule is CCCC(C)(Nc1ccc(F)cc1)C(=O)O. The van der Waals surface area contributed by atoms with Crippen LogP contribution in [-0.4, -0.2) is 16.6 Å². The first-order valence-corrected chi connectivity index (χ1v) is 5.25. The summed E-state index contributed by atoms with van der Waals surface area (Å²) in [6.07, 6.45) is 1.27. The third-order valence-electron chi connectivity index (χ3n) is 2.49. The minimum atomic E-state index is -1.01. The van der Waals surface area contributed by atoms with Gasteiger partial charge in [0.1, 0.15) is 11.4 Å². The maximum absolute atomic E-state index is 12.7. The van der Waals surface area contributed by atoms with E-state index in [0.29, 0.717) is 12.1 Å². The predicted molar refractivity (Wildman–Crippen MR) is 61.0 cm³/mol. The zero-order valence-electron chi connectivity index (χ0n) is 9.46. The van der Waals surface area contributed by atoms with Gasteiger partial charge in [-0.2, -0.15) is 0 Å². The van der Waals surface area contributed by atoms with Crippen molar-refractivity contribution in [2.45, 2.75) is 32.2 Å². The summed E-state index contributed by atoms with van der Waals surface area (Å²) in [6, 6.07) is 5.67. The summed E-state index contributed by atoms with van der Waals surface area (Å²) in [5.74, 6) is -1.24. The third kappa shape index (κ3) is 2.95. The first kappa shape index (κ1) is 12.5. The first-order chi connectivity index (χ1) is 7.48. The Kier molecular flexibility index (Phi) is 3.88. The quantitative estimate of drug-likeness (QED) is 0.810. The predicted octanol–water partition coefficient (Wildman–Crippen LogP) is 2.88. The van der Waals surface area contributed by atoms with Gasteiger partial charge in [0.15, 0.2) is 0 Å². The lowest BCUT2D eigenvalue weighted by atomic mass is 9.96. The fourth-order valence-electron chi connectivity index (χ4n) is 1.57. The van der Waals surface area contributed by atoms with Gasteiger partial charge in [-0.3, -0.25) is 0 Å². The summed E-state index contributed by atoms with van der Waals surface area (Å²) in [6.45, 7) is 3.55. The van der Waals surface area contributed by atoms with Gasteiger partial charge in [0.05, 0.1) is 0 Å². The van der Waals surface area contributed by atoms with Crippen molar-refractivity contribution in [1.29, 1.82) is 0 Å². The number of nitrogens with one attached hydrogen (secondary N) is 1. The number of rotatable bonds is 5. The molecule has 0 fully saturated rings. The summed E-state index contributed by atoms with van der Waals surface area (Å²) in [7, 11) is 0. The van der Waals surface area contributed by atoms with Crippen LogP contribution in [0.3, 0.4) is 0 Å². The zero-order chi connectivity index (χ0) is 12.2. The second kappa shape index (κ2) is 4.96. The van der Waals surface area contributed by atoms with Gasteiger partial charge >= 0.3 is 5.97 Å². The highest BCUT2D eigenvalue weighted by atomic mass is 19.1. The summed E-state index contributed by atoms with van der Waals surface area (Å²) >= 11 is 0. The van der Waals surface area contributed by atoms with Crippen molar-refractivity contribution in [3.8, 4) is 0 Å². The Bertz CT molecular complexity index is 364. The molecule has 4 heteroatoms. The average Bonchev–Trinajstić information content (AvgIpc) is 2.22. The van der Waals surface area contributed by atoms with E-state index in [1.54, 1.807) is 6.92 Å². The molecule has 1 unspecified atom stereocenters. The number of carboxylic acids is 1. The van der Waals surface area contributed by atoms with E-state index in [-0.39, 0.29) is 5.82 Å². The van der Waals surface area contributed by atoms with Crippen LogP contribution < -0.4 is 5.32 Å². The van der Waals surface area contributed by atoms with E-state index in [9.17, 15) is 9.18 Å². The molecule has 0 amide bonds. The Labute approximate surface area is 94.3 Å². The molecule has 0 aliphatic heterocycles. The van der Waals surface area contributed by atoms with Crippen LogP contribution in [0.5, 0.6) is 0 Å². The Hall–Kier alpha value is -1.58. The van der Waals surface area contributed by atoms with E-state index in [2.05, 4.69) is 5.32 Å². The molecule has 0 spiro atoms. The number of carbonyl (C=O) groups is 1. The number of benzene rings is 1. The van der Waals surface area contributed by atoms with Gasteiger partial charge < -0.3 is 10.4 Å². The number of hydrogen-bond acceptors (Lipinski definition) is 2. The summed E-state index contributed by atoms with van der Waals surface area (Å²) in [5, 5.41) is 12.1. The highest BCUT2D eigenvalue weighted by molar-refractivity contribution is 5.82. The van der Waals surface area contributed by atoms with Gasteiger partial charge in [0.2, 0.25) is 0 Å². The molecule has 0 aromatic heterocycles. The number of hydrogen-bond donors (Lipinski definition) is 2.